The van der Waals surface area contributed by atoms with Crippen LogP contribution in [0.3, 0.4) is 0 Å². The molecular weight excluding hydrogens is 649 g/mol. The molecule has 49 heavy (non-hydrogen) atoms. The summed E-state index contributed by atoms with van der Waals surface area (Å²) in [6.07, 6.45) is 31.1. The molecule has 0 heterocycles. The fraction of sp³-hybridized carbons (Fsp3) is 0.811. The highest BCUT2D eigenvalue weighted by atomic mass is 31.2. The number of rotatable bonds is 35. The average Bonchev–Trinajstić information content (AvgIpc) is 3.07. The van der Waals surface area contributed by atoms with Gasteiger partial charge in [-0.2, -0.15) is 0 Å². The van der Waals surface area contributed by atoms with Gasteiger partial charge in [0, 0.05) is 12.8 Å². The van der Waals surface area contributed by atoms with E-state index < -0.39 is 51.1 Å². The highest BCUT2D eigenvalue weighted by molar-refractivity contribution is 7.47. The number of ether oxygens (including phenoxy) is 2. The first-order valence-electron chi connectivity index (χ1n) is 18.9. The summed E-state index contributed by atoms with van der Waals surface area (Å²) in [6.45, 7) is 2.72. The minimum Gasteiger partial charge on any atom is -0.480 e. The van der Waals surface area contributed by atoms with E-state index >= 15 is 0 Å². The summed E-state index contributed by atoms with van der Waals surface area (Å²) in [7, 11) is -4.71. The lowest BCUT2D eigenvalue weighted by Gasteiger charge is -2.20. The Morgan fingerprint density at radius 2 is 1.08 bits per heavy atom. The van der Waals surface area contributed by atoms with Crippen LogP contribution in [0.1, 0.15) is 162 Å². The Balaban J connectivity index is 4.44. The third kappa shape index (κ3) is 32.9. The summed E-state index contributed by atoms with van der Waals surface area (Å²) in [4.78, 5) is 45.6. The second-order valence-corrected chi connectivity index (χ2v) is 14.2. The monoisotopic (exact) mass is 717 g/mol. The number of carbonyl (C=O) groups excluding carboxylic acids is 2. The number of carboxylic acids is 1. The molecule has 0 aromatic rings. The fourth-order valence-electron chi connectivity index (χ4n) is 4.92. The van der Waals surface area contributed by atoms with E-state index in [9.17, 15) is 23.8 Å². The Hall–Kier alpha value is -2.04. The maximum atomic E-state index is 12.5. The van der Waals surface area contributed by atoms with Crippen molar-refractivity contribution in [2.75, 3.05) is 19.8 Å². The van der Waals surface area contributed by atoms with Gasteiger partial charge in [-0.3, -0.25) is 23.4 Å². The molecule has 0 amide bonds. The van der Waals surface area contributed by atoms with Gasteiger partial charge >= 0.3 is 25.7 Å². The lowest BCUT2D eigenvalue weighted by atomic mass is 10.1. The Morgan fingerprint density at radius 3 is 1.63 bits per heavy atom. The number of hydrogen-bond donors (Lipinski definition) is 3. The zero-order valence-corrected chi connectivity index (χ0v) is 31.4. The van der Waals surface area contributed by atoms with Gasteiger partial charge < -0.3 is 25.2 Å². The van der Waals surface area contributed by atoms with Crippen molar-refractivity contribution in [1.82, 2.24) is 0 Å². The Labute approximate surface area is 296 Å². The number of esters is 2. The first-order chi connectivity index (χ1) is 23.6. The minimum absolute atomic E-state index is 0.160. The van der Waals surface area contributed by atoms with Crippen molar-refractivity contribution in [3.8, 4) is 0 Å². The lowest BCUT2D eigenvalue weighted by molar-refractivity contribution is -0.161. The summed E-state index contributed by atoms with van der Waals surface area (Å²) in [5.74, 6) is -2.40. The van der Waals surface area contributed by atoms with Crippen LogP contribution in [0.2, 0.25) is 0 Å². The van der Waals surface area contributed by atoms with Gasteiger partial charge in [-0.1, -0.05) is 128 Å². The molecule has 1 unspecified atom stereocenters. The third-order valence-corrected chi connectivity index (χ3v) is 8.90. The van der Waals surface area contributed by atoms with Crippen LogP contribution in [0.5, 0.6) is 0 Å². The topological polar surface area (TPSA) is 172 Å². The van der Waals surface area contributed by atoms with Gasteiger partial charge in [0.25, 0.3) is 0 Å². The molecule has 3 atom stereocenters. The van der Waals surface area contributed by atoms with E-state index in [0.29, 0.717) is 12.8 Å². The van der Waals surface area contributed by atoms with Gasteiger partial charge in [-0.15, -0.1) is 0 Å². The second kappa shape index (κ2) is 33.1. The Kier molecular flexibility index (Phi) is 31.7. The summed E-state index contributed by atoms with van der Waals surface area (Å²) in [6, 6.07) is -1.52. The van der Waals surface area contributed by atoms with E-state index in [1.54, 1.807) is 0 Å². The van der Waals surface area contributed by atoms with Crippen LogP contribution in [0, 0.1) is 0 Å². The van der Waals surface area contributed by atoms with E-state index in [-0.39, 0.29) is 19.4 Å². The SMILES string of the molecule is CCCCC/C=C\C/C=C\CCCCCCCC(=O)OC[C@H](COP(=O)(O)OC[C@H](N)C(=O)O)OC(=O)CCCCCCCCCCCC. The molecule has 0 spiro atoms. The van der Waals surface area contributed by atoms with Crippen LogP contribution < -0.4 is 5.73 Å². The summed E-state index contributed by atoms with van der Waals surface area (Å²) in [5, 5.41) is 8.84. The van der Waals surface area contributed by atoms with Gasteiger partial charge in [0.2, 0.25) is 0 Å². The fourth-order valence-corrected chi connectivity index (χ4v) is 5.70. The molecule has 0 rings (SSSR count). The molecule has 12 heteroatoms. The molecule has 0 saturated heterocycles. The van der Waals surface area contributed by atoms with Crippen molar-refractivity contribution < 1.29 is 47.5 Å². The van der Waals surface area contributed by atoms with E-state index in [1.807, 2.05) is 0 Å². The number of unbranched alkanes of at least 4 members (excludes halogenated alkanes) is 17. The quantitative estimate of drug-likeness (QED) is 0.0247. The molecule has 4 N–H and O–H groups in total. The normalized spacial score (nSPS) is 14.2. The van der Waals surface area contributed by atoms with Gasteiger partial charge in [-0.05, 0) is 44.9 Å². The first-order valence-corrected chi connectivity index (χ1v) is 20.4. The van der Waals surface area contributed by atoms with Crippen LogP contribution >= 0.6 is 7.82 Å². The molecule has 0 aromatic heterocycles. The molecule has 0 aliphatic carbocycles. The Morgan fingerprint density at radius 1 is 0.633 bits per heavy atom. The number of hydrogen-bond acceptors (Lipinski definition) is 9. The number of phosphoric ester groups is 1. The van der Waals surface area contributed by atoms with Crippen molar-refractivity contribution >= 4 is 25.7 Å². The van der Waals surface area contributed by atoms with E-state index in [0.717, 1.165) is 64.2 Å². The molecule has 0 fully saturated rings. The number of allylic oxidation sites excluding steroid dienone is 4. The van der Waals surface area contributed by atoms with Gasteiger partial charge in [0.1, 0.15) is 12.6 Å². The standard InChI is InChI=1S/C37H68NO10P/c1-3-5-7-9-11-13-15-16-17-18-19-21-22-24-26-28-35(39)45-30-33(31-46-49(43,44)47-32-34(38)37(41)42)48-36(40)29-27-25-23-20-14-12-10-8-6-4-2/h11,13,16-17,33-34H,3-10,12,14-15,18-32,38H2,1-2H3,(H,41,42)(H,43,44)/b13-11-,17-16-/t33-,34+/m1/s1. The van der Waals surface area contributed by atoms with Gasteiger partial charge in [-0.25, -0.2) is 4.57 Å². The molecule has 286 valence electrons. The van der Waals surface area contributed by atoms with E-state index in [4.69, 9.17) is 24.8 Å². The predicted molar refractivity (Wildman–Crippen MR) is 194 cm³/mol. The summed E-state index contributed by atoms with van der Waals surface area (Å²) in [5.41, 5.74) is 5.31. The lowest BCUT2D eigenvalue weighted by Crippen LogP contribution is -2.34. The number of carbonyl (C=O) groups is 3. The predicted octanol–water partition coefficient (Wildman–Crippen LogP) is 9.11. The molecular formula is C37H68NO10P. The van der Waals surface area contributed by atoms with Crippen molar-refractivity contribution in [3.05, 3.63) is 24.3 Å². The van der Waals surface area contributed by atoms with Crippen molar-refractivity contribution in [1.29, 1.82) is 0 Å². The minimum atomic E-state index is -4.71. The highest BCUT2D eigenvalue weighted by Crippen LogP contribution is 2.43. The van der Waals surface area contributed by atoms with Crippen molar-refractivity contribution in [3.63, 3.8) is 0 Å². The summed E-state index contributed by atoms with van der Waals surface area (Å²) < 4.78 is 32.5. The zero-order chi connectivity index (χ0) is 36.4. The third-order valence-electron chi connectivity index (χ3n) is 7.95. The molecule has 0 radical (unpaired) electrons. The average molecular weight is 718 g/mol. The molecule has 0 aliphatic heterocycles. The Bertz CT molecular complexity index is 942. The van der Waals surface area contributed by atoms with E-state index in [1.165, 1.54) is 57.8 Å². The molecule has 0 bridgehead atoms. The number of carboxylic acid groups (broad SMARTS) is 1. The van der Waals surface area contributed by atoms with Crippen LogP contribution in [0.15, 0.2) is 24.3 Å². The first kappa shape index (κ1) is 47.0. The van der Waals surface area contributed by atoms with Gasteiger partial charge in [0.05, 0.1) is 13.2 Å². The van der Waals surface area contributed by atoms with Crippen LogP contribution in [0.4, 0.5) is 0 Å². The number of nitrogens with two attached hydrogens (primary N) is 1. The molecule has 11 nitrogen and oxygen atoms in total. The zero-order valence-electron chi connectivity index (χ0n) is 30.5. The van der Waals surface area contributed by atoms with Crippen LogP contribution in [-0.2, 0) is 37.5 Å². The van der Waals surface area contributed by atoms with Crippen molar-refractivity contribution in [2.24, 2.45) is 5.73 Å². The number of phosphoric acid groups is 1. The van der Waals surface area contributed by atoms with E-state index in [2.05, 4.69) is 42.7 Å². The molecule has 0 aliphatic rings. The van der Waals surface area contributed by atoms with Crippen LogP contribution in [0.25, 0.3) is 0 Å². The molecule has 0 aromatic carbocycles. The molecule has 0 saturated carbocycles. The highest BCUT2D eigenvalue weighted by Gasteiger charge is 2.28. The number of aliphatic carboxylic acids is 1. The van der Waals surface area contributed by atoms with Crippen molar-refractivity contribution in [2.45, 2.75) is 174 Å². The van der Waals surface area contributed by atoms with Gasteiger partial charge in [0.15, 0.2) is 6.10 Å². The smallest absolute Gasteiger partial charge is 0.472 e. The maximum Gasteiger partial charge on any atom is 0.472 e. The second-order valence-electron chi connectivity index (χ2n) is 12.7. The van der Waals surface area contributed by atoms with Crippen LogP contribution in [-0.4, -0.2) is 59.9 Å². The summed E-state index contributed by atoms with van der Waals surface area (Å²) >= 11 is 0. The maximum absolute atomic E-state index is 12.5. The largest absolute Gasteiger partial charge is 0.480 e.